The Labute approximate surface area is 113 Å². The highest BCUT2D eigenvalue weighted by Gasteiger charge is 2.16. The number of hydrogen-bond acceptors (Lipinski definition) is 2. The highest BCUT2D eigenvalue weighted by molar-refractivity contribution is 9.11. The molecule has 0 N–H and O–H groups in total. The number of halogens is 2. The van der Waals surface area contributed by atoms with Gasteiger partial charge in [-0.05, 0) is 43.8 Å². The summed E-state index contributed by atoms with van der Waals surface area (Å²) in [7, 11) is 0. The first-order valence-corrected chi connectivity index (χ1v) is 7.01. The van der Waals surface area contributed by atoms with Crippen LogP contribution >= 0.6 is 31.9 Å². The number of pyridine rings is 1. The second-order valence-electron chi connectivity index (χ2n) is 3.79. The van der Waals surface area contributed by atoms with Gasteiger partial charge in [0.25, 0.3) is 0 Å². The van der Waals surface area contributed by atoms with Gasteiger partial charge < -0.3 is 0 Å². The zero-order chi connectivity index (χ0) is 12.1. The van der Waals surface area contributed by atoms with Crippen LogP contribution in [0.15, 0.2) is 21.2 Å². The topological polar surface area (TPSA) is 30.0 Å². The van der Waals surface area contributed by atoms with Gasteiger partial charge in [0.05, 0.1) is 0 Å². The second kappa shape index (κ2) is 6.50. The van der Waals surface area contributed by atoms with Crippen LogP contribution in [-0.4, -0.2) is 10.8 Å². The first kappa shape index (κ1) is 13.8. The number of nitrogens with zero attached hydrogens (tertiary/aromatic N) is 1. The fourth-order valence-electron chi connectivity index (χ4n) is 1.56. The van der Waals surface area contributed by atoms with Gasteiger partial charge in [0.1, 0.15) is 5.69 Å². The van der Waals surface area contributed by atoms with Crippen molar-refractivity contribution in [2.24, 2.45) is 5.92 Å². The third kappa shape index (κ3) is 3.67. The molecule has 2 nitrogen and oxygen atoms in total. The number of ketones is 1. The van der Waals surface area contributed by atoms with Crippen molar-refractivity contribution in [1.82, 2.24) is 4.98 Å². The molecule has 0 aliphatic heterocycles. The predicted octanol–water partition coefficient (Wildman–Crippen LogP) is 4.62. The average molecular weight is 349 g/mol. The smallest absolute Gasteiger partial charge is 0.182 e. The van der Waals surface area contributed by atoms with Gasteiger partial charge in [0, 0.05) is 21.6 Å². The number of aromatic nitrogens is 1. The lowest BCUT2D eigenvalue weighted by Gasteiger charge is -2.11. The molecule has 0 aromatic carbocycles. The van der Waals surface area contributed by atoms with Crippen LogP contribution in [0.3, 0.4) is 0 Å². The minimum absolute atomic E-state index is 0.119. The molecule has 0 spiro atoms. The van der Waals surface area contributed by atoms with Gasteiger partial charge in [-0.25, -0.2) is 0 Å². The van der Waals surface area contributed by atoms with Crippen LogP contribution in [0, 0.1) is 5.92 Å². The van der Waals surface area contributed by atoms with Gasteiger partial charge in [-0.2, -0.15) is 0 Å². The van der Waals surface area contributed by atoms with E-state index in [9.17, 15) is 4.79 Å². The Kier molecular flexibility index (Phi) is 5.62. The van der Waals surface area contributed by atoms with Crippen molar-refractivity contribution in [3.05, 3.63) is 26.9 Å². The van der Waals surface area contributed by atoms with Crippen molar-refractivity contribution in [3.63, 3.8) is 0 Å². The Morgan fingerprint density at radius 3 is 2.50 bits per heavy atom. The third-order valence-corrected chi connectivity index (χ3v) is 3.74. The largest absolute Gasteiger partial charge is 0.292 e. The summed E-state index contributed by atoms with van der Waals surface area (Å²) < 4.78 is 1.64. The zero-order valence-electron chi connectivity index (χ0n) is 9.46. The lowest BCUT2D eigenvalue weighted by Crippen LogP contribution is -2.09. The molecule has 1 aromatic heterocycles. The van der Waals surface area contributed by atoms with E-state index in [-0.39, 0.29) is 5.78 Å². The highest BCUT2D eigenvalue weighted by Crippen LogP contribution is 2.23. The molecule has 0 unspecified atom stereocenters. The zero-order valence-corrected chi connectivity index (χ0v) is 12.6. The minimum atomic E-state index is 0.119. The Morgan fingerprint density at radius 1 is 1.38 bits per heavy atom. The van der Waals surface area contributed by atoms with Crippen molar-refractivity contribution < 1.29 is 4.79 Å². The summed E-state index contributed by atoms with van der Waals surface area (Å²) in [5, 5.41) is 0. The molecule has 16 heavy (non-hydrogen) atoms. The maximum absolute atomic E-state index is 12.0. The van der Waals surface area contributed by atoms with E-state index in [2.05, 4.69) is 50.7 Å². The lowest BCUT2D eigenvalue weighted by molar-refractivity contribution is 0.0953. The van der Waals surface area contributed by atoms with Crippen LogP contribution in [0.5, 0.6) is 0 Å². The Bertz CT molecular complexity index is 375. The number of carbonyl (C=O) groups is 1. The van der Waals surface area contributed by atoms with Gasteiger partial charge in [0.2, 0.25) is 0 Å². The van der Waals surface area contributed by atoms with Gasteiger partial charge in [-0.1, -0.05) is 26.7 Å². The molecule has 1 rings (SSSR count). The third-order valence-electron chi connectivity index (χ3n) is 2.70. The lowest BCUT2D eigenvalue weighted by atomic mass is 9.96. The molecule has 1 heterocycles. The molecule has 0 saturated heterocycles. The highest BCUT2D eigenvalue weighted by atomic mass is 79.9. The van der Waals surface area contributed by atoms with Crippen LogP contribution in [0.2, 0.25) is 0 Å². The average Bonchev–Trinajstić information content (AvgIpc) is 2.25. The SMILES string of the molecule is CCC(CC)CC(=O)c1ncc(Br)cc1Br. The summed E-state index contributed by atoms with van der Waals surface area (Å²) >= 11 is 6.69. The van der Waals surface area contributed by atoms with E-state index < -0.39 is 0 Å². The van der Waals surface area contributed by atoms with Crippen LogP contribution in [0.4, 0.5) is 0 Å². The van der Waals surface area contributed by atoms with E-state index in [1.165, 1.54) is 0 Å². The van der Waals surface area contributed by atoms with E-state index in [4.69, 9.17) is 0 Å². The number of rotatable bonds is 5. The van der Waals surface area contributed by atoms with Crippen molar-refractivity contribution in [2.75, 3.05) is 0 Å². The van der Waals surface area contributed by atoms with Crippen molar-refractivity contribution in [3.8, 4) is 0 Å². The molecular weight excluding hydrogens is 334 g/mol. The summed E-state index contributed by atoms with van der Waals surface area (Å²) in [6.45, 7) is 4.23. The monoisotopic (exact) mass is 347 g/mol. The molecular formula is C12H15Br2NO. The van der Waals surface area contributed by atoms with Crippen molar-refractivity contribution in [1.29, 1.82) is 0 Å². The number of carbonyl (C=O) groups excluding carboxylic acids is 1. The predicted molar refractivity (Wildman–Crippen MR) is 72.7 cm³/mol. The Balaban J connectivity index is 2.80. The van der Waals surface area contributed by atoms with E-state index in [0.29, 0.717) is 18.0 Å². The molecule has 88 valence electrons. The summed E-state index contributed by atoms with van der Waals surface area (Å²) in [5.74, 6) is 0.581. The number of hydrogen-bond donors (Lipinski definition) is 0. The number of Topliss-reactive ketones (excluding diaryl/α,β-unsaturated/α-hetero) is 1. The molecule has 4 heteroatoms. The summed E-state index contributed by atoms with van der Waals surface area (Å²) in [6.07, 6.45) is 4.32. The fourth-order valence-corrected chi connectivity index (χ4v) is 2.76. The summed E-state index contributed by atoms with van der Waals surface area (Å²) in [4.78, 5) is 16.2. The molecule has 0 bridgehead atoms. The van der Waals surface area contributed by atoms with E-state index in [0.717, 1.165) is 21.8 Å². The molecule has 1 aromatic rings. The fraction of sp³-hybridized carbons (Fsp3) is 0.500. The van der Waals surface area contributed by atoms with Crippen molar-refractivity contribution >= 4 is 37.6 Å². The summed E-state index contributed by atoms with van der Waals surface area (Å²) in [6, 6.07) is 1.85. The maximum atomic E-state index is 12.0. The molecule has 0 aliphatic carbocycles. The molecule has 0 radical (unpaired) electrons. The van der Waals surface area contributed by atoms with Crippen molar-refractivity contribution in [2.45, 2.75) is 33.1 Å². The Hall–Kier alpha value is -0.220. The van der Waals surface area contributed by atoms with Gasteiger partial charge >= 0.3 is 0 Å². The van der Waals surface area contributed by atoms with Crippen LogP contribution in [0.1, 0.15) is 43.6 Å². The second-order valence-corrected chi connectivity index (χ2v) is 5.56. The molecule has 0 atom stereocenters. The van der Waals surface area contributed by atoms with Crippen LogP contribution in [0.25, 0.3) is 0 Å². The Morgan fingerprint density at radius 2 is 2.00 bits per heavy atom. The quantitative estimate of drug-likeness (QED) is 0.727. The molecule has 0 saturated carbocycles. The van der Waals surface area contributed by atoms with Gasteiger partial charge in [0.15, 0.2) is 5.78 Å². The first-order chi connectivity index (χ1) is 7.58. The molecule has 0 amide bonds. The van der Waals surface area contributed by atoms with E-state index >= 15 is 0 Å². The standard InChI is InChI=1S/C12H15Br2NO/c1-3-8(4-2)5-11(16)12-10(14)6-9(13)7-15-12/h6-8H,3-5H2,1-2H3. The van der Waals surface area contributed by atoms with Crippen LogP contribution in [-0.2, 0) is 0 Å². The maximum Gasteiger partial charge on any atom is 0.182 e. The van der Waals surface area contributed by atoms with Gasteiger partial charge in [-0.3, -0.25) is 9.78 Å². The summed E-state index contributed by atoms with van der Waals surface area (Å²) in [5.41, 5.74) is 0.537. The molecule has 0 aliphatic rings. The normalized spacial score (nSPS) is 10.8. The van der Waals surface area contributed by atoms with Gasteiger partial charge in [-0.15, -0.1) is 0 Å². The van der Waals surface area contributed by atoms with Crippen LogP contribution < -0.4 is 0 Å². The minimum Gasteiger partial charge on any atom is -0.292 e. The first-order valence-electron chi connectivity index (χ1n) is 5.42. The van der Waals surface area contributed by atoms with E-state index in [1.54, 1.807) is 6.20 Å². The van der Waals surface area contributed by atoms with E-state index in [1.807, 2.05) is 6.07 Å². The molecule has 0 fully saturated rings.